The molecule has 3 rings (SSSR count). The number of hydrogen-bond donors (Lipinski definition) is 3. The van der Waals surface area contributed by atoms with E-state index in [-0.39, 0.29) is 12.5 Å². The van der Waals surface area contributed by atoms with E-state index in [0.717, 1.165) is 10.8 Å². The molecular formula is C21H27N3O6. The topological polar surface area (TPSA) is 121 Å². The van der Waals surface area contributed by atoms with Crippen molar-refractivity contribution in [1.29, 1.82) is 0 Å². The molecule has 1 saturated heterocycles. The average Bonchev–Trinajstić information content (AvgIpc) is 2.62. The molecule has 1 atom stereocenters. The van der Waals surface area contributed by atoms with Crippen LogP contribution in [0.2, 0.25) is 0 Å². The highest BCUT2D eigenvalue weighted by atomic mass is 16.6. The van der Waals surface area contributed by atoms with Crippen LogP contribution in [0, 0.1) is 5.92 Å². The second kappa shape index (κ2) is 8.74. The van der Waals surface area contributed by atoms with E-state index in [0.29, 0.717) is 31.2 Å². The molecule has 1 unspecified atom stereocenters. The Morgan fingerprint density at radius 1 is 1.27 bits per heavy atom. The molecule has 2 heterocycles. The van der Waals surface area contributed by atoms with Gasteiger partial charge in [0.1, 0.15) is 23.8 Å². The van der Waals surface area contributed by atoms with Crippen LogP contribution in [0.5, 0.6) is 5.75 Å². The van der Waals surface area contributed by atoms with Crippen molar-refractivity contribution in [2.75, 3.05) is 31.6 Å². The number of hydrogen-bond acceptors (Lipinski definition) is 7. The molecule has 0 saturated carbocycles. The summed E-state index contributed by atoms with van der Waals surface area (Å²) in [5.41, 5.74) is -0.674. The molecule has 1 aliphatic rings. The van der Waals surface area contributed by atoms with Gasteiger partial charge in [-0.3, -0.25) is 0 Å². The standard InChI is InChI=1S/C21H27N3O6/c1-21(2,3)30-19(26)17(25)12-29-16-5-4-14-7-18(23-9-15(14)6-16)22-8-13-10-24(11-13)20(27)28/h4-7,9,13,17,25H,8,10-12H2,1-3H3,(H,22,23)(H,27,28). The number of carboxylic acid groups (broad SMARTS) is 1. The van der Waals surface area contributed by atoms with Gasteiger partial charge in [0, 0.05) is 37.1 Å². The predicted molar refractivity (Wildman–Crippen MR) is 111 cm³/mol. The van der Waals surface area contributed by atoms with Crippen molar-refractivity contribution in [1.82, 2.24) is 9.88 Å². The summed E-state index contributed by atoms with van der Waals surface area (Å²) >= 11 is 0. The number of aromatic nitrogens is 1. The van der Waals surface area contributed by atoms with Crippen molar-refractivity contribution < 1.29 is 29.3 Å². The molecule has 1 fully saturated rings. The molecule has 2 aromatic rings. The van der Waals surface area contributed by atoms with Gasteiger partial charge in [-0.05, 0) is 44.4 Å². The van der Waals surface area contributed by atoms with Gasteiger partial charge in [0.15, 0.2) is 6.10 Å². The molecule has 0 aliphatic carbocycles. The van der Waals surface area contributed by atoms with Crippen LogP contribution in [0.15, 0.2) is 30.5 Å². The fourth-order valence-electron chi connectivity index (χ4n) is 3.02. The Balaban J connectivity index is 1.52. The third-order valence-electron chi connectivity index (χ3n) is 4.58. The second-order valence-electron chi connectivity index (χ2n) is 8.37. The SMILES string of the molecule is CC(C)(C)OC(=O)C(O)COc1ccc2cc(NCC3CN(C(=O)O)C3)ncc2c1. The number of nitrogens with one attached hydrogen (secondary N) is 1. The monoisotopic (exact) mass is 417 g/mol. The maximum absolute atomic E-state index is 11.8. The Kier molecular flexibility index (Phi) is 6.31. The quantitative estimate of drug-likeness (QED) is 0.587. The van der Waals surface area contributed by atoms with Crippen molar-refractivity contribution in [3.8, 4) is 5.75 Å². The van der Waals surface area contributed by atoms with E-state index in [1.807, 2.05) is 12.1 Å². The lowest BCUT2D eigenvalue weighted by molar-refractivity contribution is -0.166. The molecule has 1 aromatic carbocycles. The number of nitrogens with zero attached hydrogens (tertiary/aromatic N) is 2. The maximum atomic E-state index is 11.8. The van der Waals surface area contributed by atoms with Gasteiger partial charge in [0.05, 0.1) is 0 Å². The zero-order chi connectivity index (χ0) is 21.9. The van der Waals surface area contributed by atoms with Gasteiger partial charge in [-0.25, -0.2) is 14.6 Å². The van der Waals surface area contributed by atoms with E-state index in [1.165, 1.54) is 4.90 Å². The number of carbonyl (C=O) groups is 2. The zero-order valence-electron chi connectivity index (χ0n) is 17.3. The van der Waals surface area contributed by atoms with E-state index in [4.69, 9.17) is 14.6 Å². The van der Waals surface area contributed by atoms with Crippen molar-refractivity contribution >= 4 is 28.7 Å². The number of carbonyl (C=O) groups excluding carboxylic acids is 1. The highest BCUT2D eigenvalue weighted by molar-refractivity contribution is 5.85. The number of fused-ring (bicyclic) bond motifs is 1. The first-order chi connectivity index (χ1) is 14.1. The number of benzene rings is 1. The number of anilines is 1. The first-order valence-electron chi connectivity index (χ1n) is 9.76. The molecule has 0 radical (unpaired) electrons. The maximum Gasteiger partial charge on any atom is 0.407 e. The molecule has 1 aliphatic heterocycles. The lowest BCUT2D eigenvalue weighted by Gasteiger charge is -2.37. The molecule has 9 heteroatoms. The van der Waals surface area contributed by atoms with E-state index < -0.39 is 23.8 Å². The highest BCUT2D eigenvalue weighted by Crippen LogP contribution is 2.23. The second-order valence-corrected chi connectivity index (χ2v) is 8.37. The molecule has 162 valence electrons. The number of ether oxygens (including phenoxy) is 2. The van der Waals surface area contributed by atoms with E-state index in [9.17, 15) is 14.7 Å². The fourth-order valence-corrected chi connectivity index (χ4v) is 3.02. The van der Waals surface area contributed by atoms with E-state index >= 15 is 0 Å². The summed E-state index contributed by atoms with van der Waals surface area (Å²) in [7, 11) is 0. The Morgan fingerprint density at radius 2 is 2.00 bits per heavy atom. The minimum Gasteiger partial charge on any atom is -0.490 e. The van der Waals surface area contributed by atoms with Crippen LogP contribution in [-0.4, -0.2) is 70.1 Å². The number of rotatable bonds is 7. The number of aliphatic hydroxyl groups excluding tert-OH is 1. The van der Waals surface area contributed by atoms with Crippen LogP contribution >= 0.6 is 0 Å². The summed E-state index contributed by atoms with van der Waals surface area (Å²) in [6.45, 7) is 6.71. The van der Waals surface area contributed by atoms with Gasteiger partial charge in [-0.2, -0.15) is 0 Å². The largest absolute Gasteiger partial charge is 0.490 e. The van der Waals surface area contributed by atoms with Crippen LogP contribution in [0.1, 0.15) is 20.8 Å². The van der Waals surface area contributed by atoms with Crippen molar-refractivity contribution in [2.45, 2.75) is 32.5 Å². The third-order valence-corrected chi connectivity index (χ3v) is 4.58. The first-order valence-corrected chi connectivity index (χ1v) is 9.76. The Bertz CT molecular complexity index is 921. The zero-order valence-corrected chi connectivity index (χ0v) is 17.3. The summed E-state index contributed by atoms with van der Waals surface area (Å²) in [4.78, 5) is 28.4. The van der Waals surface area contributed by atoms with Gasteiger partial charge in [0.25, 0.3) is 0 Å². The third kappa shape index (κ3) is 5.73. The Labute approximate surface area is 174 Å². The van der Waals surface area contributed by atoms with Crippen LogP contribution in [0.4, 0.5) is 10.6 Å². The summed E-state index contributed by atoms with van der Waals surface area (Å²) in [6, 6.07) is 7.31. The van der Waals surface area contributed by atoms with E-state index in [2.05, 4.69) is 10.3 Å². The van der Waals surface area contributed by atoms with Gasteiger partial charge < -0.3 is 29.9 Å². The summed E-state index contributed by atoms with van der Waals surface area (Å²) in [5, 5.41) is 23.8. The molecule has 1 aromatic heterocycles. The molecular weight excluding hydrogens is 390 g/mol. The van der Waals surface area contributed by atoms with Crippen molar-refractivity contribution in [3.05, 3.63) is 30.5 Å². The number of pyridine rings is 1. The molecule has 9 nitrogen and oxygen atoms in total. The minimum absolute atomic E-state index is 0.206. The minimum atomic E-state index is -1.37. The summed E-state index contributed by atoms with van der Waals surface area (Å²) in [5.74, 6) is 0.783. The van der Waals surface area contributed by atoms with Crippen LogP contribution in [-0.2, 0) is 9.53 Å². The number of likely N-dealkylation sites (tertiary alicyclic amines) is 1. The number of aliphatic hydroxyl groups is 1. The molecule has 30 heavy (non-hydrogen) atoms. The molecule has 3 N–H and O–H groups in total. The average molecular weight is 417 g/mol. The lowest BCUT2D eigenvalue weighted by atomic mass is 10.0. The Hall–Kier alpha value is -3.07. The first kappa shape index (κ1) is 21.6. The number of esters is 1. The van der Waals surface area contributed by atoms with Gasteiger partial charge in [0.2, 0.25) is 0 Å². The molecule has 1 amide bonds. The van der Waals surface area contributed by atoms with Crippen LogP contribution < -0.4 is 10.1 Å². The smallest absolute Gasteiger partial charge is 0.407 e. The highest BCUT2D eigenvalue weighted by Gasteiger charge is 2.30. The van der Waals surface area contributed by atoms with Crippen LogP contribution in [0.25, 0.3) is 10.8 Å². The summed E-state index contributed by atoms with van der Waals surface area (Å²) in [6.07, 6.45) is -0.543. The molecule has 0 spiro atoms. The van der Waals surface area contributed by atoms with Gasteiger partial charge in [-0.1, -0.05) is 6.07 Å². The number of amides is 1. The van der Waals surface area contributed by atoms with Gasteiger partial charge in [-0.15, -0.1) is 0 Å². The molecule has 0 bridgehead atoms. The fraction of sp³-hybridized carbons (Fsp3) is 0.476. The normalized spacial score (nSPS) is 15.4. The lowest BCUT2D eigenvalue weighted by Crippen LogP contribution is -2.51. The van der Waals surface area contributed by atoms with Gasteiger partial charge >= 0.3 is 12.1 Å². The van der Waals surface area contributed by atoms with Crippen LogP contribution in [0.3, 0.4) is 0 Å². The predicted octanol–water partition coefficient (Wildman–Crippen LogP) is 2.34. The van der Waals surface area contributed by atoms with E-state index in [1.54, 1.807) is 39.1 Å². The Morgan fingerprint density at radius 3 is 2.67 bits per heavy atom. The van der Waals surface area contributed by atoms with Crippen molar-refractivity contribution in [3.63, 3.8) is 0 Å². The van der Waals surface area contributed by atoms with Crippen molar-refractivity contribution in [2.24, 2.45) is 5.92 Å². The summed E-state index contributed by atoms with van der Waals surface area (Å²) < 4.78 is 10.6.